The van der Waals surface area contributed by atoms with Gasteiger partial charge in [0.25, 0.3) is 0 Å². The third-order valence-corrected chi connectivity index (χ3v) is 3.18. The molecular weight excluding hydrogens is 266 g/mol. The normalized spacial score (nSPS) is 11.0. The number of hydrogen-bond donors (Lipinski definition) is 2. The second-order valence-corrected chi connectivity index (χ2v) is 4.77. The van der Waals surface area contributed by atoms with E-state index in [4.69, 9.17) is 11.5 Å². The number of hydrogen-bond acceptors (Lipinski definition) is 6. The van der Waals surface area contributed by atoms with Gasteiger partial charge in [-0.3, -0.25) is 0 Å². The first-order chi connectivity index (χ1) is 10.2. The van der Waals surface area contributed by atoms with Crippen molar-refractivity contribution in [3.8, 4) is 0 Å². The molecule has 3 aromatic rings. The zero-order valence-electron chi connectivity index (χ0n) is 11.8. The Bertz CT molecular complexity index is 765. The maximum Gasteiger partial charge on any atom is 0.250 e. The first-order valence-electron chi connectivity index (χ1n) is 6.70. The lowest BCUT2D eigenvalue weighted by Gasteiger charge is -2.20. The largest absolute Gasteiger partial charge is 0.381 e. The number of benzene rings is 1. The molecule has 1 aromatic carbocycles. The van der Waals surface area contributed by atoms with E-state index in [1.165, 1.54) is 5.56 Å². The molecule has 21 heavy (non-hydrogen) atoms. The molecule has 0 aliphatic carbocycles. The smallest absolute Gasteiger partial charge is 0.250 e. The Labute approximate surface area is 122 Å². The molecule has 0 unspecified atom stereocenters. The van der Waals surface area contributed by atoms with Crippen molar-refractivity contribution in [3.63, 3.8) is 0 Å². The minimum absolute atomic E-state index is 0.355. The van der Waals surface area contributed by atoms with Crippen molar-refractivity contribution in [1.82, 2.24) is 19.6 Å². The third-order valence-electron chi connectivity index (χ3n) is 3.18. The Morgan fingerprint density at radius 2 is 2.19 bits per heavy atom. The van der Waals surface area contributed by atoms with Crippen molar-refractivity contribution < 1.29 is 0 Å². The summed E-state index contributed by atoms with van der Waals surface area (Å²) in [7, 11) is 0. The second-order valence-electron chi connectivity index (χ2n) is 4.77. The maximum atomic E-state index is 5.83. The molecule has 0 saturated carbocycles. The van der Waals surface area contributed by atoms with E-state index in [0.29, 0.717) is 30.5 Å². The summed E-state index contributed by atoms with van der Waals surface area (Å²) in [6, 6.07) is 8.13. The molecule has 2 aromatic heterocycles. The fourth-order valence-electron chi connectivity index (χ4n) is 2.21. The van der Waals surface area contributed by atoms with Crippen LogP contribution in [0.15, 0.2) is 36.7 Å². The Morgan fingerprint density at radius 1 is 1.33 bits per heavy atom. The van der Waals surface area contributed by atoms with E-state index in [-0.39, 0.29) is 0 Å². The fraction of sp³-hybridized carbons (Fsp3) is 0.214. The lowest BCUT2D eigenvalue weighted by molar-refractivity contribution is 0.865. The van der Waals surface area contributed by atoms with Gasteiger partial charge in [0.05, 0.1) is 0 Å². The Morgan fingerprint density at radius 3 is 2.90 bits per heavy atom. The Hall–Kier alpha value is -2.67. The molecule has 0 radical (unpaired) electrons. The molecule has 0 aliphatic heterocycles. The number of anilines is 3. The molecule has 108 valence electrons. The zero-order chi connectivity index (χ0) is 14.8. The minimum atomic E-state index is 0.355. The Kier molecular flexibility index (Phi) is 3.41. The summed E-state index contributed by atoms with van der Waals surface area (Å²) >= 11 is 0. The van der Waals surface area contributed by atoms with Crippen molar-refractivity contribution >= 4 is 23.1 Å². The summed E-state index contributed by atoms with van der Waals surface area (Å²) in [5.41, 5.74) is 14.3. The van der Waals surface area contributed by atoms with Gasteiger partial charge in [-0.05, 0) is 24.6 Å². The quantitative estimate of drug-likeness (QED) is 0.744. The summed E-state index contributed by atoms with van der Waals surface area (Å²) in [6.07, 6.45) is 3.32. The van der Waals surface area contributed by atoms with Crippen molar-refractivity contribution in [2.75, 3.05) is 23.7 Å². The summed E-state index contributed by atoms with van der Waals surface area (Å²) in [4.78, 5) is 10.5. The lowest BCUT2D eigenvalue weighted by Crippen LogP contribution is -2.25. The molecule has 0 aliphatic rings. The van der Waals surface area contributed by atoms with Gasteiger partial charge in [0, 0.05) is 31.2 Å². The highest BCUT2D eigenvalue weighted by molar-refractivity contribution is 5.65. The molecule has 0 saturated heterocycles. The van der Waals surface area contributed by atoms with Crippen molar-refractivity contribution in [2.45, 2.75) is 6.92 Å². The number of aromatic nitrogens is 4. The SMILES string of the molecule is Cc1cccc(N(CCN)c2nc3c(N)nccn3n2)c1. The van der Waals surface area contributed by atoms with Crippen LogP contribution in [0.25, 0.3) is 5.65 Å². The third kappa shape index (κ3) is 2.50. The van der Waals surface area contributed by atoms with Gasteiger partial charge in [-0.2, -0.15) is 4.98 Å². The van der Waals surface area contributed by atoms with Gasteiger partial charge in [-0.1, -0.05) is 12.1 Å². The van der Waals surface area contributed by atoms with Crippen molar-refractivity contribution in [1.29, 1.82) is 0 Å². The second kappa shape index (κ2) is 5.37. The number of nitrogens with zero attached hydrogens (tertiary/aromatic N) is 5. The van der Waals surface area contributed by atoms with Gasteiger partial charge in [0.1, 0.15) is 0 Å². The van der Waals surface area contributed by atoms with E-state index >= 15 is 0 Å². The van der Waals surface area contributed by atoms with Crippen LogP contribution in [-0.4, -0.2) is 32.7 Å². The predicted molar refractivity (Wildman–Crippen MR) is 82.4 cm³/mol. The van der Waals surface area contributed by atoms with E-state index in [2.05, 4.69) is 21.1 Å². The van der Waals surface area contributed by atoms with E-state index in [1.54, 1.807) is 16.9 Å². The Balaban J connectivity index is 2.09. The first kappa shape index (κ1) is 13.3. The van der Waals surface area contributed by atoms with Crippen LogP contribution in [0, 0.1) is 6.92 Å². The van der Waals surface area contributed by atoms with Crippen LogP contribution in [0.4, 0.5) is 17.5 Å². The van der Waals surface area contributed by atoms with Crippen molar-refractivity contribution in [2.24, 2.45) is 5.73 Å². The van der Waals surface area contributed by atoms with Gasteiger partial charge >= 0.3 is 0 Å². The van der Waals surface area contributed by atoms with Gasteiger partial charge < -0.3 is 16.4 Å². The molecule has 2 heterocycles. The molecule has 7 nitrogen and oxygen atoms in total. The number of rotatable bonds is 4. The maximum absolute atomic E-state index is 5.83. The van der Waals surface area contributed by atoms with Gasteiger partial charge in [-0.25, -0.2) is 9.50 Å². The van der Waals surface area contributed by atoms with Gasteiger partial charge in [0.2, 0.25) is 5.95 Å². The van der Waals surface area contributed by atoms with Crippen LogP contribution in [0.2, 0.25) is 0 Å². The summed E-state index contributed by atoms with van der Waals surface area (Å²) in [6.45, 7) is 3.16. The van der Waals surface area contributed by atoms with E-state index in [0.717, 1.165) is 5.69 Å². The number of nitrogen functional groups attached to an aromatic ring is 1. The average Bonchev–Trinajstić information content (AvgIpc) is 2.90. The van der Waals surface area contributed by atoms with Gasteiger partial charge in [-0.15, -0.1) is 5.10 Å². The van der Waals surface area contributed by atoms with Crippen LogP contribution in [-0.2, 0) is 0 Å². The first-order valence-corrected chi connectivity index (χ1v) is 6.70. The molecule has 0 amide bonds. The molecule has 0 fully saturated rings. The molecule has 0 bridgehead atoms. The van der Waals surface area contributed by atoms with Crippen molar-refractivity contribution in [3.05, 3.63) is 42.2 Å². The standard InChI is InChI=1S/C14H17N7/c1-10-3-2-4-11(9-10)20(7-5-15)14-18-13-12(16)17-6-8-21(13)19-14/h2-4,6,8-9H,5,7,15H2,1H3,(H2,16,17). The number of fused-ring (bicyclic) bond motifs is 1. The van der Waals surface area contributed by atoms with Crippen LogP contribution in [0.3, 0.4) is 0 Å². The minimum Gasteiger partial charge on any atom is -0.381 e. The van der Waals surface area contributed by atoms with E-state index < -0.39 is 0 Å². The van der Waals surface area contributed by atoms with E-state index in [1.807, 2.05) is 30.0 Å². The van der Waals surface area contributed by atoms with Gasteiger partial charge in [0.15, 0.2) is 11.5 Å². The van der Waals surface area contributed by atoms with E-state index in [9.17, 15) is 0 Å². The molecular formula is C14H17N7. The lowest BCUT2D eigenvalue weighted by atomic mass is 10.2. The topological polar surface area (TPSA) is 98.4 Å². The van der Waals surface area contributed by atoms with Crippen LogP contribution in [0.1, 0.15) is 5.56 Å². The highest BCUT2D eigenvalue weighted by Crippen LogP contribution is 2.24. The number of nitrogens with two attached hydrogens (primary N) is 2. The number of aryl methyl sites for hydroxylation is 1. The summed E-state index contributed by atoms with van der Waals surface area (Å²) in [5.74, 6) is 0.916. The molecule has 4 N–H and O–H groups in total. The molecule has 3 rings (SSSR count). The van der Waals surface area contributed by atoms with Crippen LogP contribution < -0.4 is 16.4 Å². The average molecular weight is 283 g/mol. The highest BCUT2D eigenvalue weighted by atomic mass is 15.4. The van der Waals surface area contributed by atoms with Crippen LogP contribution in [0.5, 0.6) is 0 Å². The molecule has 0 spiro atoms. The summed E-state index contributed by atoms with van der Waals surface area (Å²) in [5, 5.41) is 4.45. The zero-order valence-corrected chi connectivity index (χ0v) is 11.8. The van der Waals surface area contributed by atoms with Crippen LogP contribution >= 0.6 is 0 Å². The molecule has 7 heteroatoms. The fourth-order valence-corrected chi connectivity index (χ4v) is 2.21. The predicted octanol–water partition coefficient (Wildman–Crippen LogP) is 1.11. The summed E-state index contributed by atoms with van der Waals surface area (Å²) < 4.78 is 1.62. The molecule has 0 atom stereocenters. The highest BCUT2D eigenvalue weighted by Gasteiger charge is 2.15. The monoisotopic (exact) mass is 283 g/mol.